The first-order valence-corrected chi connectivity index (χ1v) is 7.24. The van der Waals surface area contributed by atoms with Crippen LogP contribution in [-0.4, -0.2) is 30.0 Å². The third-order valence-electron chi connectivity index (χ3n) is 3.66. The fourth-order valence-corrected chi connectivity index (χ4v) is 2.59. The number of carbonyl (C=O) groups excluding carboxylic acids is 1. The number of aliphatic hydroxyl groups excluding tert-OH is 1. The number of rotatable bonds is 5. The second kappa shape index (κ2) is 7.00. The summed E-state index contributed by atoms with van der Waals surface area (Å²) in [5.74, 6) is 0. The standard InChI is InChI=1S/C15H19F3N2O2/c16-15(17,18)7-3-4-8-19-14(22)20-13-11-6-2-1-5-10(11)9-12(13)21/h1-2,5-6,12-13,21H,3-4,7-9H2,(H2,19,20,22)/t12-,13+/m1/s1. The highest BCUT2D eigenvalue weighted by Crippen LogP contribution is 2.31. The molecule has 0 saturated heterocycles. The van der Waals surface area contributed by atoms with Crippen LogP contribution < -0.4 is 10.6 Å². The summed E-state index contributed by atoms with van der Waals surface area (Å²) in [7, 11) is 0. The van der Waals surface area contributed by atoms with Crippen molar-refractivity contribution in [3.8, 4) is 0 Å². The van der Waals surface area contributed by atoms with Gasteiger partial charge in [0.15, 0.2) is 0 Å². The molecule has 0 spiro atoms. The van der Waals surface area contributed by atoms with Crippen LogP contribution >= 0.6 is 0 Å². The number of carbonyl (C=O) groups is 1. The molecule has 7 heteroatoms. The fourth-order valence-electron chi connectivity index (χ4n) is 2.59. The van der Waals surface area contributed by atoms with Crippen molar-refractivity contribution in [1.29, 1.82) is 0 Å². The van der Waals surface area contributed by atoms with Crippen molar-refractivity contribution in [3.63, 3.8) is 0 Å². The Morgan fingerprint density at radius 1 is 1.27 bits per heavy atom. The largest absolute Gasteiger partial charge is 0.390 e. The molecule has 0 bridgehead atoms. The summed E-state index contributed by atoms with van der Waals surface area (Å²) in [6.07, 6.45) is -4.96. The molecule has 1 aliphatic carbocycles. The molecule has 1 aromatic carbocycles. The molecule has 0 radical (unpaired) electrons. The van der Waals surface area contributed by atoms with E-state index in [-0.39, 0.29) is 19.4 Å². The van der Waals surface area contributed by atoms with Crippen LogP contribution in [0.15, 0.2) is 24.3 Å². The number of hydrogen-bond donors (Lipinski definition) is 3. The zero-order valence-corrected chi connectivity index (χ0v) is 12.0. The van der Waals surface area contributed by atoms with Gasteiger partial charge in [0, 0.05) is 19.4 Å². The van der Waals surface area contributed by atoms with E-state index >= 15 is 0 Å². The van der Waals surface area contributed by atoms with Crippen molar-refractivity contribution in [2.24, 2.45) is 0 Å². The van der Waals surface area contributed by atoms with Crippen LogP contribution in [0.3, 0.4) is 0 Å². The zero-order chi connectivity index (χ0) is 16.2. The zero-order valence-electron chi connectivity index (χ0n) is 12.0. The highest BCUT2D eigenvalue weighted by Gasteiger charge is 2.31. The van der Waals surface area contributed by atoms with Crippen molar-refractivity contribution in [2.45, 2.75) is 44.0 Å². The Morgan fingerprint density at radius 3 is 2.73 bits per heavy atom. The van der Waals surface area contributed by atoms with Gasteiger partial charge >= 0.3 is 12.2 Å². The summed E-state index contributed by atoms with van der Waals surface area (Å²) in [6.45, 7) is 0.173. The maximum atomic E-state index is 12.0. The van der Waals surface area contributed by atoms with Gasteiger partial charge in [0.05, 0.1) is 12.1 Å². The predicted molar refractivity (Wildman–Crippen MR) is 75.3 cm³/mol. The van der Waals surface area contributed by atoms with E-state index in [4.69, 9.17) is 0 Å². The number of fused-ring (bicyclic) bond motifs is 1. The van der Waals surface area contributed by atoms with Crippen molar-refractivity contribution in [3.05, 3.63) is 35.4 Å². The Hall–Kier alpha value is -1.76. The quantitative estimate of drug-likeness (QED) is 0.731. The summed E-state index contributed by atoms with van der Waals surface area (Å²) in [5.41, 5.74) is 1.87. The lowest BCUT2D eigenvalue weighted by Crippen LogP contribution is -2.41. The predicted octanol–water partition coefficient (Wildman–Crippen LogP) is 2.68. The lowest BCUT2D eigenvalue weighted by molar-refractivity contribution is -0.135. The van der Waals surface area contributed by atoms with Gasteiger partial charge in [-0.1, -0.05) is 24.3 Å². The van der Waals surface area contributed by atoms with Gasteiger partial charge in [0.25, 0.3) is 0 Å². The Balaban J connectivity index is 1.74. The second-order valence-electron chi connectivity index (χ2n) is 5.42. The SMILES string of the molecule is O=C(NCCCCC(F)(F)F)N[C@H]1c2ccccc2C[C@H]1O. The fraction of sp³-hybridized carbons (Fsp3) is 0.533. The summed E-state index contributed by atoms with van der Waals surface area (Å²) < 4.78 is 35.9. The van der Waals surface area contributed by atoms with E-state index in [9.17, 15) is 23.1 Å². The topological polar surface area (TPSA) is 61.4 Å². The third-order valence-corrected chi connectivity index (χ3v) is 3.66. The van der Waals surface area contributed by atoms with E-state index in [2.05, 4.69) is 10.6 Å². The minimum absolute atomic E-state index is 0.0152. The van der Waals surface area contributed by atoms with Gasteiger partial charge in [-0.2, -0.15) is 13.2 Å². The molecule has 0 unspecified atom stereocenters. The molecular formula is C15H19F3N2O2. The van der Waals surface area contributed by atoms with E-state index < -0.39 is 30.8 Å². The number of urea groups is 1. The molecule has 2 amide bonds. The summed E-state index contributed by atoms with van der Waals surface area (Å²) in [6, 6.07) is 6.49. The van der Waals surface area contributed by atoms with Crippen LogP contribution in [0.25, 0.3) is 0 Å². The second-order valence-corrected chi connectivity index (χ2v) is 5.42. The highest BCUT2D eigenvalue weighted by atomic mass is 19.4. The minimum atomic E-state index is -4.15. The maximum Gasteiger partial charge on any atom is 0.389 e. The smallest absolute Gasteiger partial charge is 0.389 e. The molecule has 22 heavy (non-hydrogen) atoms. The summed E-state index contributed by atoms with van der Waals surface area (Å²) >= 11 is 0. The summed E-state index contributed by atoms with van der Waals surface area (Å²) in [4.78, 5) is 11.8. The first-order chi connectivity index (χ1) is 10.4. The number of benzene rings is 1. The average Bonchev–Trinajstić information content (AvgIpc) is 2.74. The number of hydrogen-bond acceptors (Lipinski definition) is 2. The lowest BCUT2D eigenvalue weighted by atomic mass is 10.1. The first kappa shape index (κ1) is 16.6. The van der Waals surface area contributed by atoms with Crippen LogP contribution in [-0.2, 0) is 6.42 Å². The highest BCUT2D eigenvalue weighted by molar-refractivity contribution is 5.74. The third kappa shape index (κ3) is 4.62. The number of aliphatic hydroxyl groups is 1. The monoisotopic (exact) mass is 316 g/mol. The molecule has 0 fully saturated rings. The molecule has 0 aliphatic heterocycles. The van der Waals surface area contributed by atoms with Crippen LogP contribution in [0.4, 0.5) is 18.0 Å². The van der Waals surface area contributed by atoms with Crippen LogP contribution in [0.5, 0.6) is 0 Å². The molecule has 2 atom stereocenters. The number of halogens is 3. The molecule has 1 aromatic rings. The molecule has 4 nitrogen and oxygen atoms in total. The number of amides is 2. The first-order valence-electron chi connectivity index (χ1n) is 7.24. The van der Waals surface area contributed by atoms with Crippen molar-refractivity contribution < 1.29 is 23.1 Å². The van der Waals surface area contributed by atoms with Crippen LogP contribution in [0.1, 0.15) is 36.4 Å². The lowest BCUT2D eigenvalue weighted by Gasteiger charge is -2.18. The van der Waals surface area contributed by atoms with Crippen molar-refractivity contribution >= 4 is 6.03 Å². The molecule has 3 N–H and O–H groups in total. The van der Waals surface area contributed by atoms with Crippen molar-refractivity contribution in [1.82, 2.24) is 10.6 Å². The number of nitrogens with one attached hydrogen (secondary N) is 2. The molecule has 0 aromatic heterocycles. The molecule has 122 valence electrons. The maximum absolute atomic E-state index is 12.0. The Bertz CT molecular complexity index is 520. The van der Waals surface area contributed by atoms with Gasteiger partial charge < -0.3 is 15.7 Å². The Labute approximate surface area is 126 Å². The number of unbranched alkanes of at least 4 members (excludes halogenated alkanes) is 1. The van der Waals surface area contributed by atoms with E-state index in [0.29, 0.717) is 6.42 Å². The Morgan fingerprint density at radius 2 is 2.00 bits per heavy atom. The molecule has 2 rings (SSSR count). The van der Waals surface area contributed by atoms with Crippen LogP contribution in [0.2, 0.25) is 0 Å². The molecule has 0 heterocycles. The molecule has 1 aliphatic rings. The van der Waals surface area contributed by atoms with Gasteiger partial charge in [-0.05, 0) is 24.0 Å². The van der Waals surface area contributed by atoms with Gasteiger partial charge in [0.1, 0.15) is 0 Å². The van der Waals surface area contributed by atoms with E-state index in [0.717, 1.165) is 11.1 Å². The van der Waals surface area contributed by atoms with E-state index in [1.165, 1.54) is 0 Å². The van der Waals surface area contributed by atoms with Crippen molar-refractivity contribution in [2.75, 3.05) is 6.54 Å². The normalized spacial score (nSPS) is 20.5. The van der Waals surface area contributed by atoms with Gasteiger partial charge in [0.2, 0.25) is 0 Å². The van der Waals surface area contributed by atoms with Gasteiger partial charge in [-0.25, -0.2) is 4.79 Å². The Kier molecular flexibility index (Phi) is 5.28. The van der Waals surface area contributed by atoms with E-state index in [1.54, 1.807) is 0 Å². The van der Waals surface area contributed by atoms with Gasteiger partial charge in [-0.3, -0.25) is 0 Å². The van der Waals surface area contributed by atoms with E-state index in [1.807, 2.05) is 24.3 Å². The minimum Gasteiger partial charge on any atom is -0.390 e. The molecular weight excluding hydrogens is 297 g/mol. The van der Waals surface area contributed by atoms with Crippen LogP contribution in [0, 0.1) is 0 Å². The average molecular weight is 316 g/mol. The summed E-state index contributed by atoms with van der Waals surface area (Å²) in [5, 5.41) is 15.2. The molecule has 0 saturated carbocycles. The number of alkyl halides is 3. The van der Waals surface area contributed by atoms with Gasteiger partial charge in [-0.15, -0.1) is 0 Å².